The zero-order chi connectivity index (χ0) is 17.3. The first kappa shape index (κ1) is 16.1. The summed E-state index contributed by atoms with van der Waals surface area (Å²) in [6.45, 7) is 1.77. The summed E-state index contributed by atoms with van der Waals surface area (Å²) in [5.74, 6) is -0.624. The number of anilines is 1. The molecule has 0 saturated heterocycles. The number of carbonyl (C=O) groups is 1. The predicted octanol–water partition coefficient (Wildman–Crippen LogP) is 4.10. The van der Waals surface area contributed by atoms with Gasteiger partial charge in [-0.2, -0.15) is 0 Å². The van der Waals surface area contributed by atoms with Crippen molar-refractivity contribution in [1.82, 2.24) is 0 Å². The van der Waals surface area contributed by atoms with Crippen LogP contribution in [-0.4, -0.2) is 10.8 Å². The molecular formula is C18H17FN2O3. The van der Waals surface area contributed by atoms with E-state index < -0.39 is 10.3 Å². The second-order valence-corrected chi connectivity index (χ2v) is 6.16. The highest BCUT2D eigenvalue weighted by atomic mass is 19.1. The third-order valence-electron chi connectivity index (χ3n) is 4.70. The van der Waals surface area contributed by atoms with E-state index in [4.69, 9.17) is 0 Å². The molecular weight excluding hydrogens is 311 g/mol. The number of nitro groups is 1. The Labute approximate surface area is 138 Å². The number of carbonyl (C=O) groups excluding carboxylic acids is 1. The molecule has 1 saturated carbocycles. The second-order valence-electron chi connectivity index (χ2n) is 6.16. The van der Waals surface area contributed by atoms with Gasteiger partial charge < -0.3 is 5.32 Å². The number of rotatable bonds is 4. The van der Waals surface area contributed by atoms with Crippen molar-refractivity contribution in [2.75, 3.05) is 5.32 Å². The topological polar surface area (TPSA) is 72.2 Å². The molecule has 1 aliphatic rings. The van der Waals surface area contributed by atoms with Crippen LogP contribution in [0.1, 0.15) is 30.4 Å². The van der Waals surface area contributed by atoms with E-state index in [1.54, 1.807) is 25.1 Å². The zero-order valence-corrected chi connectivity index (χ0v) is 13.2. The lowest BCUT2D eigenvalue weighted by atomic mass is 9.63. The molecule has 24 heavy (non-hydrogen) atoms. The summed E-state index contributed by atoms with van der Waals surface area (Å²) in [7, 11) is 0. The molecule has 0 aromatic heterocycles. The molecule has 1 fully saturated rings. The van der Waals surface area contributed by atoms with E-state index >= 15 is 0 Å². The Morgan fingerprint density at radius 3 is 2.58 bits per heavy atom. The summed E-state index contributed by atoms with van der Waals surface area (Å²) in [4.78, 5) is 23.3. The van der Waals surface area contributed by atoms with Gasteiger partial charge in [-0.05, 0) is 43.0 Å². The number of nitrogens with zero attached hydrogens (tertiary/aromatic N) is 1. The molecule has 1 aliphatic carbocycles. The third-order valence-corrected chi connectivity index (χ3v) is 4.70. The fraction of sp³-hybridized carbons (Fsp3) is 0.278. The molecule has 1 amide bonds. The van der Waals surface area contributed by atoms with Gasteiger partial charge in [-0.1, -0.05) is 24.6 Å². The van der Waals surface area contributed by atoms with Gasteiger partial charge in [0.15, 0.2) is 0 Å². The first-order chi connectivity index (χ1) is 11.4. The largest absolute Gasteiger partial charge is 0.325 e. The molecule has 0 bridgehead atoms. The van der Waals surface area contributed by atoms with Gasteiger partial charge in [0.05, 0.1) is 16.0 Å². The minimum atomic E-state index is -0.765. The van der Waals surface area contributed by atoms with Crippen LogP contribution in [0.5, 0.6) is 0 Å². The summed E-state index contributed by atoms with van der Waals surface area (Å²) in [6.07, 6.45) is 2.16. The fourth-order valence-electron chi connectivity index (χ4n) is 3.06. The summed E-state index contributed by atoms with van der Waals surface area (Å²) < 4.78 is 13.5. The highest BCUT2D eigenvalue weighted by Crippen LogP contribution is 2.45. The van der Waals surface area contributed by atoms with Gasteiger partial charge in [0.1, 0.15) is 5.82 Å². The molecule has 2 aromatic rings. The molecule has 124 valence electrons. The first-order valence-corrected chi connectivity index (χ1v) is 7.75. The van der Waals surface area contributed by atoms with Crippen LogP contribution >= 0.6 is 0 Å². The molecule has 0 heterocycles. The molecule has 0 unspecified atom stereocenters. The summed E-state index contributed by atoms with van der Waals surface area (Å²) in [6, 6.07) is 10.4. The lowest BCUT2D eigenvalue weighted by Gasteiger charge is -2.40. The van der Waals surface area contributed by atoms with Crippen molar-refractivity contribution in [2.24, 2.45) is 0 Å². The van der Waals surface area contributed by atoms with Crippen LogP contribution in [0.25, 0.3) is 0 Å². The number of nitrogens with one attached hydrogen (secondary N) is 1. The third kappa shape index (κ3) is 2.75. The minimum absolute atomic E-state index is 0.0793. The first-order valence-electron chi connectivity index (χ1n) is 7.75. The number of nitro benzene ring substituents is 1. The van der Waals surface area contributed by atoms with Crippen LogP contribution in [0.4, 0.5) is 15.8 Å². The Kier molecular flexibility index (Phi) is 4.05. The molecule has 1 N–H and O–H groups in total. The van der Waals surface area contributed by atoms with E-state index in [1.165, 1.54) is 24.3 Å². The molecule has 0 radical (unpaired) electrons. The van der Waals surface area contributed by atoms with Crippen LogP contribution in [0, 0.1) is 22.9 Å². The quantitative estimate of drug-likeness (QED) is 0.678. The summed E-state index contributed by atoms with van der Waals surface area (Å²) in [5, 5.41) is 13.7. The van der Waals surface area contributed by atoms with E-state index in [9.17, 15) is 19.3 Å². The van der Waals surface area contributed by atoms with Gasteiger partial charge in [0.25, 0.3) is 5.69 Å². The number of benzene rings is 2. The number of halogens is 1. The standard InChI is InChI=1S/C18H17FN2O3/c1-12-6-7-15(21(23)24)11-16(12)20-17(22)18(8-3-9-18)13-4-2-5-14(19)10-13/h2,4-7,10-11H,3,8-9H2,1H3,(H,20,22). The number of non-ortho nitro benzene ring substituents is 1. The molecule has 0 spiro atoms. The molecule has 6 heteroatoms. The highest BCUT2D eigenvalue weighted by molar-refractivity contribution is 6.00. The van der Waals surface area contributed by atoms with Crippen molar-refractivity contribution in [3.05, 3.63) is 69.5 Å². The van der Waals surface area contributed by atoms with E-state index in [0.717, 1.165) is 12.0 Å². The van der Waals surface area contributed by atoms with E-state index in [2.05, 4.69) is 5.32 Å². The van der Waals surface area contributed by atoms with Gasteiger partial charge in [-0.25, -0.2) is 4.39 Å². The van der Waals surface area contributed by atoms with Gasteiger partial charge in [-0.15, -0.1) is 0 Å². The van der Waals surface area contributed by atoms with Crippen molar-refractivity contribution in [3.8, 4) is 0 Å². The molecule has 2 aromatic carbocycles. The van der Waals surface area contributed by atoms with Crippen molar-refractivity contribution in [1.29, 1.82) is 0 Å². The van der Waals surface area contributed by atoms with E-state index in [-0.39, 0.29) is 17.4 Å². The minimum Gasteiger partial charge on any atom is -0.325 e. The van der Waals surface area contributed by atoms with Crippen molar-refractivity contribution in [3.63, 3.8) is 0 Å². The monoisotopic (exact) mass is 328 g/mol. The molecule has 3 rings (SSSR count). The van der Waals surface area contributed by atoms with Crippen LogP contribution in [-0.2, 0) is 10.2 Å². The molecule has 0 aliphatic heterocycles. The summed E-state index contributed by atoms with van der Waals surface area (Å²) >= 11 is 0. The maximum absolute atomic E-state index is 13.5. The van der Waals surface area contributed by atoms with Gasteiger partial charge in [0.2, 0.25) is 5.91 Å². The Morgan fingerprint density at radius 1 is 1.25 bits per heavy atom. The lowest BCUT2D eigenvalue weighted by molar-refractivity contribution is -0.384. The van der Waals surface area contributed by atoms with Gasteiger partial charge in [-0.3, -0.25) is 14.9 Å². The second kappa shape index (κ2) is 6.03. The fourth-order valence-corrected chi connectivity index (χ4v) is 3.06. The number of hydrogen-bond donors (Lipinski definition) is 1. The van der Waals surface area contributed by atoms with Gasteiger partial charge in [0, 0.05) is 12.1 Å². The Balaban J connectivity index is 1.91. The van der Waals surface area contributed by atoms with Gasteiger partial charge >= 0.3 is 0 Å². The zero-order valence-electron chi connectivity index (χ0n) is 13.2. The maximum Gasteiger partial charge on any atom is 0.271 e. The predicted molar refractivity (Wildman–Crippen MR) is 88.4 cm³/mol. The number of hydrogen-bond acceptors (Lipinski definition) is 3. The van der Waals surface area contributed by atoms with Crippen LogP contribution < -0.4 is 5.32 Å². The average Bonchev–Trinajstić information content (AvgIpc) is 2.48. The van der Waals surface area contributed by atoms with E-state index in [0.29, 0.717) is 24.1 Å². The van der Waals surface area contributed by atoms with Crippen molar-refractivity contribution in [2.45, 2.75) is 31.6 Å². The average molecular weight is 328 g/mol. The Hall–Kier alpha value is -2.76. The molecule has 0 atom stereocenters. The van der Waals surface area contributed by atoms with Crippen LogP contribution in [0.3, 0.4) is 0 Å². The SMILES string of the molecule is Cc1ccc([N+](=O)[O-])cc1NC(=O)C1(c2cccc(F)c2)CCC1. The number of aryl methyl sites for hydroxylation is 1. The van der Waals surface area contributed by atoms with Crippen LogP contribution in [0.2, 0.25) is 0 Å². The highest BCUT2D eigenvalue weighted by Gasteiger charge is 2.45. The number of amides is 1. The van der Waals surface area contributed by atoms with Crippen molar-refractivity contribution < 1.29 is 14.1 Å². The molecule has 5 nitrogen and oxygen atoms in total. The van der Waals surface area contributed by atoms with E-state index in [1.807, 2.05) is 0 Å². The van der Waals surface area contributed by atoms with Crippen molar-refractivity contribution >= 4 is 17.3 Å². The Morgan fingerprint density at radius 2 is 2.00 bits per heavy atom. The van der Waals surface area contributed by atoms with Crippen LogP contribution in [0.15, 0.2) is 42.5 Å². The Bertz CT molecular complexity index is 816. The lowest BCUT2D eigenvalue weighted by Crippen LogP contribution is -2.46. The normalized spacial score (nSPS) is 15.4. The maximum atomic E-state index is 13.5. The smallest absolute Gasteiger partial charge is 0.271 e. The summed E-state index contributed by atoms with van der Waals surface area (Å²) in [5.41, 5.74) is 0.956.